The molecule has 4 rings (SSSR count). The van der Waals surface area contributed by atoms with E-state index in [-0.39, 0.29) is 23.0 Å². The van der Waals surface area contributed by atoms with Gasteiger partial charge in [0.1, 0.15) is 5.01 Å². The Bertz CT molecular complexity index is 1060. The molecule has 0 spiro atoms. The number of aromatic nitrogens is 1. The van der Waals surface area contributed by atoms with Crippen LogP contribution in [0, 0.1) is 0 Å². The largest absolute Gasteiger partial charge is 0.340 e. The van der Waals surface area contributed by atoms with Crippen LogP contribution in [0.3, 0.4) is 0 Å². The Kier molecular flexibility index (Phi) is 5.94. The zero-order chi connectivity index (χ0) is 20.3. The summed E-state index contributed by atoms with van der Waals surface area (Å²) in [5.41, 5.74) is 1.03. The van der Waals surface area contributed by atoms with Gasteiger partial charge in [-0.3, -0.25) is 9.69 Å². The lowest BCUT2D eigenvalue weighted by Crippen LogP contribution is -2.48. The summed E-state index contributed by atoms with van der Waals surface area (Å²) >= 11 is 1.71. The molecule has 152 valence electrons. The second kappa shape index (κ2) is 8.61. The molecule has 8 heteroatoms. The number of thiazole rings is 1. The first-order chi connectivity index (χ1) is 14.0. The predicted molar refractivity (Wildman–Crippen MR) is 115 cm³/mol. The van der Waals surface area contributed by atoms with Crippen molar-refractivity contribution in [1.82, 2.24) is 14.8 Å². The third kappa shape index (κ3) is 4.83. The highest BCUT2D eigenvalue weighted by atomic mass is 32.2. The normalized spacial score (nSPS) is 15.7. The number of hydrogen-bond acceptors (Lipinski definition) is 6. The number of nitrogens with zero attached hydrogens (tertiary/aromatic N) is 3. The van der Waals surface area contributed by atoms with Crippen LogP contribution in [-0.4, -0.2) is 61.0 Å². The first-order valence-electron chi connectivity index (χ1n) is 9.64. The summed E-state index contributed by atoms with van der Waals surface area (Å²) in [4.78, 5) is 21.5. The van der Waals surface area contributed by atoms with Crippen molar-refractivity contribution >= 4 is 37.3 Å². The van der Waals surface area contributed by atoms with Gasteiger partial charge in [0.15, 0.2) is 9.84 Å². The van der Waals surface area contributed by atoms with Crippen LogP contribution in [0.4, 0.5) is 0 Å². The van der Waals surface area contributed by atoms with Gasteiger partial charge in [-0.15, -0.1) is 11.3 Å². The molecular formula is C21H23N3O3S2. The zero-order valence-electron chi connectivity index (χ0n) is 16.0. The second-order valence-electron chi connectivity index (χ2n) is 7.11. The van der Waals surface area contributed by atoms with Crippen LogP contribution >= 0.6 is 11.3 Å². The Balaban J connectivity index is 1.27. The number of benzene rings is 2. The number of fused-ring (bicyclic) bond motifs is 1. The molecule has 1 saturated heterocycles. The van der Waals surface area contributed by atoms with Crippen molar-refractivity contribution in [2.24, 2.45) is 0 Å². The van der Waals surface area contributed by atoms with Crippen molar-refractivity contribution in [3.8, 4) is 0 Å². The highest BCUT2D eigenvalue weighted by Crippen LogP contribution is 2.23. The van der Waals surface area contributed by atoms with Gasteiger partial charge in [-0.05, 0) is 24.3 Å². The minimum absolute atomic E-state index is 0.0229. The van der Waals surface area contributed by atoms with Crippen molar-refractivity contribution in [3.05, 3.63) is 59.6 Å². The molecule has 0 saturated carbocycles. The Morgan fingerprint density at radius 1 is 0.966 bits per heavy atom. The molecule has 0 radical (unpaired) electrons. The second-order valence-corrected chi connectivity index (χ2v) is 10.3. The lowest BCUT2D eigenvalue weighted by atomic mass is 10.3. The number of carbonyl (C=O) groups is 1. The summed E-state index contributed by atoms with van der Waals surface area (Å²) in [7, 11) is -3.42. The SMILES string of the molecule is O=C(CCS(=O)(=O)c1ccccc1)N1CCN(Cc2nc3ccccc3s2)CC1. The van der Waals surface area contributed by atoms with E-state index in [4.69, 9.17) is 0 Å². The van der Waals surface area contributed by atoms with Gasteiger partial charge in [0, 0.05) is 32.6 Å². The minimum atomic E-state index is -3.42. The fourth-order valence-electron chi connectivity index (χ4n) is 3.46. The zero-order valence-corrected chi connectivity index (χ0v) is 17.7. The average Bonchev–Trinajstić information content (AvgIpc) is 3.15. The Labute approximate surface area is 174 Å². The van der Waals surface area contributed by atoms with Crippen LogP contribution in [0.15, 0.2) is 59.5 Å². The van der Waals surface area contributed by atoms with Gasteiger partial charge >= 0.3 is 0 Å². The van der Waals surface area contributed by atoms with Crippen molar-refractivity contribution in [2.75, 3.05) is 31.9 Å². The Morgan fingerprint density at radius 2 is 1.66 bits per heavy atom. The van der Waals surface area contributed by atoms with E-state index in [2.05, 4.69) is 16.0 Å². The first kappa shape index (κ1) is 20.0. The maximum Gasteiger partial charge on any atom is 0.223 e. The maximum absolute atomic E-state index is 12.5. The van der Waals surface area contributed by atoms with Crippen molar-refractivity contribution < 1.29 is 13.2 Å². The number of rotatable bonds is 6. The lowest BCUT2D eigenvalue weighted by molar-refractivity contribution is -0.132. The van der Waals surface area contributed by atoms with Gasteiger partial charge in [-0.1, -0.05) is 30.3 Å². The van der Waals surface area contributed by atoms with E-state index in [1.807, 2.05) is 18.2 Å². The van der Waals surface area contributed by atoms with Crippen molar-refractivity contribution in [2.45, 2.75) is 17.9 Å². The molecule has 1 aliphatic heterocycles. The lowest BCUT2D eigenvalue weighted by Gasteiger charge is -2.34. The summed E-state index contributed by atoms with van der Waals surface area (Å²) in [6.45, 7) is 3.56. The van der Waals surface area contributed by atoms with Gasteiger partial charge in [0.25, 0.3) is 0 Å². The fraction of sp³-hybridized carbons (Fsp3) is 0.333. The fourth-order valence-corrected chi connectivity index (χ4v) is 5.72. The average molecular weight is 430 g/mol. The summed E-state index contributed by atoms with van der Waals surface area (Å²) < 4.78 is 25.9. The van der Waals surface area contributed by atoms with Gasteiger partial charge in [0.2, 0.25) is 5.91 Å². The maximum atomic E-state index is 12.5. The summed E-state index contributed by atoms with van der Waals surface area (Å²) in [5, 5.41) is 1.08. The molecule has 0 atom stereocenters. The third-order valence-corrected chi connectivity index (χ3v) is 7.86. The number of carbonyl (C=O) groups excluding carboxylic acids is 1. The van der Waals surface area contributed by atoms with Crippen LogP contribution in [-0.2, 0) is 21.2 Å². The quantitative estimate of drug-likeness (QED) is 0.603. The van der Waals surface area contributed by atoms with E-state index in [1.54, 1.807) is 46.6 Å². The van der Waals surface area contributed by atoms with E-state index in [0.29, 0.717) is 13.1 Å². The number of sulfone groups is 1. The smallest absolute Gasteiger partial charge is 0.223 e. The molecule has 2 heterocycles. The van der Waals surface area contributed by atoms with Crippen LogP contribution in [0.2, 0.25) is 0 Å². The molecule has 0 N–H and O–H groups in total. The van der Waals surface area contributed by atoms with E-state index >= 15 is 0 Å². The molecular weight excluding hydrogens is 406 g/mol. The van der Waals surface area contributed by atoms with Crippen LogP contribution in [0.25, 0.3) is 10.2 Å². The molecule has 3 aromatic rings. The molecule has 1 aliphatic rings. The van der Waals surface area contributed by atoms with E-state index in [1.165, 1.54) is 4.70 Å². The van der Waals surface area contributed by atoms with Crippen LogP contribution < -0.4 is 0 Å². The van der Waals surface area contributed by atoms with Crippen molar-refractivity contribution in [1.29, 1.82) is 0 Å². The molecule has 1 fully saturated rings. The minimum Gasteiger partial charge on any atom is -0.340 e. The Morgan fingerprint density at radius 3 is 2.38 bits per heavy atom. The van der Waals surface area contributed by atoms with E-state index < -0.39 is 9.84 Å². The molecule has 0 unspecified atom stereocenters. The highest BCUT2D eigenvalue weighted by molar-refractivity contribution is 7.91. The van der Waals surface area contributed by atoms with Crippen molar-refractivity contribution in [3.63, 3.8) is 0 Å². The molecule has 0 aliphatic carbocycles. The van der Waals surface area contributed by atoms with Crippen LogP contribution in [0.5, 0.6) is 0 Å². The standard InChI is InChI=1S/C21H23N3O3S2/c25-21(10-15-29(26,27)17-6-2-1-3-7-17)24-13-11-23(12-14-24)16-20-22-18-8-4-5-9-19(18)28-20/h1-9H,10-16H2. The number of para-hydroxylation sites is 1. The third-order valence-electron chi connectivity index (χ3n) is 5.11. The van der Waals surface area contributed by atoms with Gasteiger partial charge < -0.3 is 4.90 Å². The highest BCUT2D eigenvalue weighted by Gasteiger charge is 2.24. The molecule has 0 bridgehead atoms. The molecule has 29 heavy (non-hydrogen) atoms. The van der Waals surface area contributed by atoms with E-state index in [0.717, 1.165) is 30.2 Å². The van der Waals surface area contributed by atoms with Gasteiger partial charge in [-0.25, -0.2) is 13.4 Å². The Hall–Kier alpha value is -2.29. The molecule has 6 nitrogen and oxygen atoms in total. The molecule has 1 aromatic heterocycles. The summed E-state index contributed by atoms with van der Waals surface area (Å²) in [6, 6.07) is 16.4. The topological polar surface area (TPSA) is 70.6 Å². The molecule has 1 amide bonds. The van der Waals surface area contributed by atoms with E-state index in [9.17, 15) is 13.2 Å². The first-order valence-corrected chi connectivity index (χ1v) is 12.1. The predicted octanol–water partition coefficient (Wildman–Crippen LogP) is 2.80. The summed E-state index contributed by atoms with van der Waals surface area (Å²) in [6.07, 6.45) is 0.0229. The van der Waals surface area contributed by atoms with Gasteiger partial charge in [-0.2, -0.15) is 0 Å². The van der Waals surface area contributed by atoms with Crippen LogP contribution in [0.1, 0.15) is 11.4 Å². The monoisotopic (exact) mass is 429 g/mol. The number of hydrogen-bond donors (Lipinski definition) is 0. The summed E-state index contributed by atoms with van der Waals surface area (Å²) in [5.74, 6) is -0.244. The van der Waals surface area contributed by atoms with Gasteiger partial charge in [0.05, 0.1) is 27.4 Å². The molecule has 2 aromatic carbocycles. The number of piperazine rings is 1. The number of amides is 1.